The van der Waals surface area contributed by atoms with Gasteiger partial charge in [-0.2, -0.15) is 5.10 Å². The van der Waals surface area contributed by atoms with Crippen molar-refractivity contribution >= 4 is 5.91 Å². The fourth-order valence-corrected chi connectivity index (χ4v) is 3.22. The zero-order valence-corrected chi connectivity index (χ0v) is 15.0. The smallest absolute Gasteiger partial charge is 0.270 e. The molecule has 8 nitrogen and oxygen atoms in total. The molecule has 1 N–H and O–H groups in total. The minimum absolute atomic E-state index is 0.0648. The predicted octanol–water partition coefficient (Wildman–Crippen LogP) is 1.99. The van der Waals surface area contributed by atoms with Crippen molar-refractivity contribution in [3.63, 3.8) is 0 Å². The van der Waals surface area contributed by atoms with Gasteiger partial charge in [0.15, 0.2) is 0 Å². The van der Waals surface area contributed by atoms with E-state index in [4.69, 9.17) is 14.0 Å². The lowest BCUT2D eigenvalue weighted by molar-refractivity contribution is -0.00712. The number of nitrogens with one attached hydrogen (secondary N) is 1. The number of hydrogen-bond donors (Lipinski definition) is 1. The van der Waals surface area contributed by atoms with Gasteiger partial charge in [-0.05, 0) is 20.8 Å². The van der Waals surface area contributed by atoms with Crippen LogP contribution in [0, 0.1) is 0 Å². The highest BCUT2D eigenvalue weighted by Crippen LogP contribution is 2.31. The van der Waals surface area contributed by atoms with Gasteiger partial charge in [-0.25, -0.2) is 0 Å². The Morgan fingerprint density at radius 3 is 3.00 bits per heavy atom. The maximum Gasteiger partial charge on any atom is 0.270 e. The Morgan fingerprint density at radius 2 is 2.28 bits per heavy atom. The molecule has 0 aromatic carbocycles. The second kappa shape index (κ2) is 7.37. The van der Waals surface area contributed by atoms with Gasteiger partial charge in [-0.1, -0.05) is 5.16 Å². The molecule has 0 aliphatic carbocycles. The highest BCUT2D eigenvalue weighted by atomic mass is 16.5. The molecule has 2 atom stereocenters. The van der Waals surface area contributed by atoms with Gasteiger partial charge >= 0.3 is 0 Å². The van der Waals surface area contributed by atoms with Crippen molar-refractivity contribution in [2.24, 2.45) is 0 Å². The van der Waals surface area contributed by atoms with Gasteiger partial charge in [0.1, 0.15) is 17.7 Å². The molecular weight excluding hydrogens is 324 g/mol. The fraction of sp³-hybridized carbons (Fsp3) is 0.588. The summed E-state index contributed by atoms with van der Waals surface area (Å²) in [5, 5.41) is 11.4. The van der Waals surface area contributed by atoms with E-state index < -0.39 is 0 Å². The van der Waals surface area contributed by atoms with Crippen LogP contribution in [0.5, 0.6) is 0 Å². The SMILES string of the molecule is CCn1nc2c(c1C(=O)NCc1conc1COC)C[C@H](C)O[C@@H]2C. The molecule has 0 saturated heterocycles. The molecule has 0 saturated carbocycles. The van der Waals surface area contributed by atoms with Gasteiger partial charge in [0.2, 0.25) is 0 Å². The van der Waals surface area contributed by atoms with Crippen LogP contribution in [-0.4, -0.2) is 34.1 Å². The Balaban J connectivity index is 1.81. The van der Waals surface area contributed by atoms with Gasteiger partial charge in [0, 0.05) is 37.7 Å². The number of fused-ring (bicyclic) bond motifs is 1. The Morgan fingerprint density at radius 1 is 1.48 bits per heavy atom. The van der Waals surface area contributed by atoms with E-state index >= 15 is 0 Å². The number of hydrogen-bond acceptors (Lipinski definition) is 6. The molecule has 1 aliphatic rings. The predicted molar refractivity (Wildman–Crippen MR) is 89.0 cm³/mol. The first-order valence-electron chi connectivity index (χ1n) is 8.49. The third kappa shape index (κ3) is 3.45. The molecule has 8 heteroatoms. The Labute approximate surface area is 146 Å². The molecule has 25 heavy (non-hydrogen) atoms. The van der Waals surface area contributed by atoms with Gasteiger partial charge < -0.3 is 19.3 Å². The molecule has 0 bridgehead atoms. The van der Waals surface area contributed by atoms with E-state index in [1.54, 1.807) is 11.8 Å². The van der Waals surface area contributed by atoms with E-state index in [0.29, 0.717) is 37.5 Å². The first-order chi connectivity index (χ1) is 12.0. The number of carbonyl (C=O) groups excluding carboxylic acids is 1. The monoisotopic (exact) mass is 348 g/mol. The lowest BCUT2D eigenvalue weighted by Gasteiger charge is -2.24. The number of amides is 1. The van der Waals surface area contributed by atoms with Crippen LogP contribution in [0.2, 0.25) is 0 Å². The van der Waals surface area contributed by atoms with Crippen molar-refractivity contribution in [3.05, 3.63) is 34.5 Å². The molecule has 3 heterocycles. The van der Waals surface area contributed by atoms with Crippen LogP contribution in [0.25, 0.3) is 0 Å². The van der Waals surface area contributed by atoms with Crippen molar-refractivity contribution in [1.82, 2.24) is 20.3 Å². The van der Waals surface area contributed by atoms with Crippen molar-refractivity contribution < 1.29 is 18.8 Å². The van der Waals surface area contributed by atoms with Crippen molar-refractivity contribution in [2.75, 3.05) is 7.11 Å². The highest BCUT2D eigenvalue weighted by molar-refractivity contribution is 5.94. The second-order valence-corrected chi connectivity index (χ2v) is 6.22. The number of rotatable bonds is 6. The van der Waals surface area contributed by atoms with Gasteiger partial charge in [-0.15, -0.1) is 0 Å². The maximum absolute atomic E-state index is 12.8. The first kappa shape index (κ1) is 17.6. The van der Waals surface area contributed by atoms with E-state index in [2.05, 4.69) is 15.6 Å². The minimum atomic E-state index is -0.151. The number of methoxy groups -OCH3 is 1. The minimum Gasteiger partial charge on any atom is -0.378 e. The van der Waals surface area contributed by atoms with Crippen LogP contribution in [0.3, 0.4) is 0 Å². The Kier molecular flexibility index (Phi) is 5.19. The summed E-state index contributed by atoms with van der Waals surface area (Å²) in [4.78, 5) is 12.8. The standard InChI is InChI=1S/C17H24N4O4/c1-5-21-16(13-6-10(2)25-11(3)15(13)19-21)17(22)18-7-12-8-24-20-14(12)9-23-4/h8,10-11H,5-7,9H2,1-4H3,(H,18,22)/t10-,11+/m0/s1. The van der Waals surface area contributed by atoms with Crippen molar-refractivity contribution in [2.45, 2.75) is 59.1 Å². The largest absolute Gasteiger partial charge is 0.378 e. The molecule has 2 aromatic heterocycles. The van der Waals surface area contributed by atoms with E-state index in [0.717, 1.165) is 16.8 Å². The average Bonchev–Trinajstić information content (AvgIpc) is 3.17. The lowest BCUT2D eigenvalue weighted by atomic mass is 9.99. The molecule has 3 rings (SSSR count). The molecule has 1 aliphatic heterocycles. The molecule has 0 fully saturated rings. The summed E-state index contributed by atoms with van der Waals surface area (Å²) in [5.41, 5.74) is 3.94. The van der Waals surface area contributed by atoms with Crippen molar-refractivity contribution in [1.29, 1.82) is 0 Å². The van der Waals surface area contributed by atoms with Crippen LogP contribution >= 0.6 is 0 Å². The topological polar surface area (TPSA) is 91.4 Å². The van der Waals surface area contributed by atoms with Gasteiger partial charge in [0.05, 0.1) is 24.5 Å². The zero-order chi connectivity index (χ0) is 18.0. The van der Waals surface area contributed by atoms with Gasteiger partial charge in [0.25, 0.3) is 5.91 Å². The third-order valence-electron chi connectivity index (χ3n) is 4.36. The van der Waals surface area contributed by atoms with E-state index in [1.807, 2.05) is 20.8 Å². The number of nitrogens with zero attached hydrogens (tertiary/aromatic N) is 3. The Bertz CT molecular complexity index is 752. The molecule has 1 amide bonds. The summed E-state index contributed by atoms with van der Waals surface area (Å²) in [7, 11) is 1.59. The summed E-state index contributed by atoms with van der Waals surface area (Å²) in [6, 6.07) is 0. The second-order valence-electron chi connectivity index (χ2n) is 6.22. The van der Waals surface area contributed by atoms with Gasteiger partial charge in [-0.3, -0.25) is 9.48 Å². The maximum atomic E-state index is 12.8. The van der Waals surface area contributed by atoms with Crippen LogP contribution in [0.15, 0.2) is 10.8 Å². The van der Waals surface area contributed by atoms with Crippen LogP contribution in [-0.2, 0) is 35.6 Å². The van der Waals surface area contributed by atoms with Crippen LogP contribution in [0.4, 0.5) is 0 Å². The quantitative estimate of drug-likeness (QED) is 0.858. The Hall–Kier alpha value is -2.19. The molecule has 0 spiro atoms. The molecule has 0 unspecified atom stereocenters. The summed E-state index contributed by atoms with van der Waals surface area (Å²) in [6.45, 7) is 7.25. The van der Waals surface area contributed by atoms with Crippen LogP contribution in [0.1, 0.15) is 59.9 Å². The van der Waals surface area contributed by atoms with Crippen LogP contribution < -0.4 is 5.32 Å². The summed E-state index contributed by atoms with van der Waals surface area (Å²) in [6.07, 6.45) is 2.17. The van der Waals surface area contributed by atoms with E-state index in [1.165, 1.54) is 6.26 Å². The number of carbonyl (C=O) groups is 1. The highest BCUT2D eigenvalue weighted by Gasteiger charge is 2.31. The first-order valence-corrected chi connectivity index (χ1v) is 8.49. The number of aromatic nitrogens is 3. The summed E-state index contributed by atoms with van der Waals surface area (Å²) >= 11 is 0. The summed E-state index contributed by atoms with van der Waals surface area (Å²) in [5.74, 6) is -0.151. The fourth-order valence-electron chi connectivity index (χ4n) is 3.22. The van der Waals surface area contributed by atoms with E-state index in [9.17, 15) is 4.79 Å². The average molecular weight is 348 g/mol. The van der Waals surface area contributed by atoms with E-state index in [-0.39, 0.29) is 18.1 Å². The molecule has 136 valence electrons. The van der Waals surface area contributed by atoms with Crippen molar-refractivity contribution in [3.8, 4) is 0 Å². The lowest BCUT2D eigenvalue weighted by Crippen LogP contribution is -2.29. The number of aryl methyl sites for hydroxylation is 1. The summed E-state index contributed by atoms with van der Waals surface area (Å²) < 4.78 is 17.6. The zero-order valence-electron chi connectivity index (χ0n) is 15.0. The number of ether oxygens (including phenoxy) is 2. The molecular formula is C17H24N4O4. The molecule has 0 radical (unpaired) electrons. The molecule has 2 aromatic rings. The third-order valence-corrected chi connectivity index (χ3v) is 4.36. The normalized spacial score (nSPS) is 19.7.